The Morgan fingerprint density at radius 1 is 1.56 bits per heavy atom. The van der Waals surface area contributed by atoms with Crippen molar-refractivity contribution in [3.8, 4) is 0 Å². The molecule has 0 heterocycles. The van der Waals surface area contributed by atoms with Crippen LogP contribution in [0.4, 0.5) is 4.39 Å². The lowest BCUT2D eigenvalue weighted by atomic mass is 10.3. The molecule has 0 unspecified atom stereocenters. The molecular weight excluding hydrogens is 115 g/mol. The second-order valence-electron chi connectivity index (χ2n) is 1.65. The third kappa shape index (κ3) is 7.15. The van der Waals surface area contributed by atoms with Gasteiger partial charge in [-0.15, -0.1) is 0 Å². The second-order valence-corrected chi connectivity index (χ2v) is 1.65. The molecule has 0 nitrogen and oxygen atoms in total. The van der Waals surface area contributed by atoms with E-state index in [0.29, 0.717) is 0 Å². The van der Waals surface area contributed by atoms with Gasteiger partial charge in [-0.25, -0.2) is 4.39 Å². The van der Waals surface area contributed by atoms with Gasteiger partial charge in [0.2, 0.25) is 0 Å². The molecular formula is C8H11F. The van der Waals surface area contributed by atoms with Crippen molar-refractivity contribution in [3.63, 3.8) is 0 Å². The fraction of sp³-hybridized carbons (Fsp3) is 0.250. The highest BCUT2D eigenvalue weighted by Crippen LogP contribution is 1.94. The summed E-state index contributed by atoms with van der Waals surface area (Å²) in [6.07, 6.45) is 7.73. The monoisotopic (exact) mass is 126 g/mol. The Morgan fingerprint density at radius 2 is 2.22 bits per heavy atom. The van der Waals surface area contributed by atoms with Gasteiger partial charge in [-0.3, -0.25) is 0 Å². The Bertz CT molecular complexity index is 132. The van der Waals surface area contributed by atoms with Gasteiger partial charge in [0.1, 0.15) is 5.83 Å². The first-order valence-electron chi connectivity index (χ1n) is 2.89. The van der Waals surface area contributed by atoms with Crippen LogP contribution >= 0.6 is 0 Å². The normalized spacial score (nSPS) is 11.3. The maximum absolute atomic E-state index is 11.8. The van der Waals surface area contributed by atoms with Crippen LogP contribution in [0.15, 0.2) is 36.7 Å². The molecule has 0 saturated heterocycles. The van der Waals surface area contributed by atoms with Crippen LogP contribution in [-0.4, -0.2) is 0 Å². The fourth-order valence-electron chi connectivity index (χ4n) is 0.411. The molecule has 0 fully saturated rings. The SMILES string of the molecule is C=C(F)/C=C\CC=CC. The number of halogens is 1. The third-order valence-corrected chi connectivity index (χ3v) is 0.807. The van der Waals surface area contributed by atoms with Crippen molar-refractivity contribution in [3.05, 3.63) is 36.7 Å². The van der Waals surface area contributed by atoms with E-state index in [1.807, 2.05) is 19.1 Å². The van der Waals surface area contributed by atoms with Crippen LogP contribution in [0.1, 0.15) is 13.3 Å². The van der Waals surface area contributed by atoms with Gasteiger partial charge in [0.25, 0.3) is 0 Å². The van der Waals surface area contributed by atoms with E-state index >= 15 is 0 Å². The molecule has 0 aliphatic carbocycles. The number of hydrogen-bond acceptors (Lipinski definition) is 0. The van der Waals surface area contributed by atoms with Gasteiger partial charge in [-0.2, -0.15) is 0 Å². The van der Waals surface area contributed by atoms with Gasteiger partial charge in [0, 0.05) is 0 Å². The van der Waals surface area contributed by atoms with Crippen molar-refractivity contribution < 1.29 is 4.39 Å². The zero-order valence-electron chi connectivity index (χ0n) is 5.60. The largest absolute Gasteiger partial charge is 0.208 e. The lowest BCUT2D eigenvalue weighted by Gasteiger charge is -1.79. The van der Waals surface area contributed by atoms with Crippen molar-refractivity contribution >= 4 is 0 Å². The number of hydrogen-bond donors (Lipinski definition) is 0. The van der Waals surface area contributed by atoms with Gasteiger partial charge < -0.3 is 0 Å². The zero-order chi connectivity index (χ0) is 7.11. The highest BCUT2D eigenvalue weighted by molar-refractivity contribution is 5.07. The van der Waals surface area contributed by atoms with Crippen molar-refractivity contribution in [1.29, 1.82) is 0 Å². The molecule has 0 N–H and O–H groups in total. The standard InChI is InChI=1S/C8H11F/c1-3-4-5-6-7-8(2)9/h3-4,6-7H,2,5H2,1H3/b4-3?,7-6-. The molecule has 9 heavy (non-hydrogen) atoms. The molecule has 0 aliphatic rings. The summed E-state index contributed by atoms with van der Waals surface area (Å²) in [5, 5.41) is 0. The first kappa shape index (κ1) is 8.15. The molecule has 0 aliphatic heterocycles. The Morgan fingerprint density at radius 3 is 2.67 bits per heavy atom. The van der Waals surface area contributed by atoms with E-state index in [4.69, 9.17) is 0 Å². The van der Waals surface area contributed by atoms with E-state index in [-0.39, 0.29) is 5.83 Å². The molecule has 0 amide bonds. The maximum atomic E-state index is 11.8. The van der Waals surface area contributed by atoms with Gasteiger partial charge in [-0.1, -0.05) is 24.8 Å². The van der Waals surface area contributed by atoms with E-state index in [1.54, 1.807) is 6.08 Å². The molecule has 1 heteroatoms. The molecule has 0 aromatic rings. The lowest BCUT2D eigenvalue weighted by molar-refractivity contribution is 0.671. The molecule has 0 radical (unpaired) electrons. The topological polar surface area (TPSA) is 0 Å². The predicted octanol–water partition coefficient (Wildman–Crippen LogP) is 2.99. The van der Waals surface area contributed by atoms with Gasteiger partial charge >= 0.3 is 0 Å². The summed E-state index contributed by atoms with van der Waals surface area (Å²) >= 11 is 0. The molecule has 0 aromatic carbocycles. The molecule has 0 spiro atoms. The van der Waals surface area contributed by atoms with E-state index < -0.39 is 0 Å². The first-order valence-corrected chi connectivity index (χ1v) is 2.89. The van der Waals surface area contributed by atoms with Gasteiger partial charge in [-0.05, 0) is 19.4 Å². The van der Waals surface area contributed by atoms with E-state index in [0.717, 1.165) is 6.42 Å². The highest BCUT2D eigenvalue weighted by Gasteiger charge is 1.74. The minimum atomic E-state index is -0.389. The maximum Gasteiger partial charge on any atom is 0.115 e. The van der Waals surface area contributed by atoms with Crippen LogP contribution in [0.25, 0.3) is 0 Å². The van der Waals surface area contributed by atoms with Crippen molar-refractivity contribution in [1.82, 2.24) is 0 Å². The zero-order valence-corrected chi connectivity index (χ0v) is 5.60. The highest BCUT2D eigenvalue weighted by atomic mass is 19.1. The summed E-state index contributed by atoms with van der Waals surface area (Å²) in [5.41, 5.74) is 0. The van der Waals surface area contributed by atoms with Crippen molar-refractivity contribution in [2.45, 2.75) is 13.3 Å². The number of rotatable bonds is 3. The molecule has 50 valence electrons. The molecule has 0 atom stereocenters. The van der Waals surface area contributed by atoms with Crippen LogP contribution < -0.4 is 0 Å². The van der Waals surface area contributed by atoms with Crippen LogP contribution in [0.2, 0.25) is 0 Å². The fourth-order valence-corrected chi connectivity index (χ4v) is 0.411. The Labute approximate surface area is 55.4 Å². The van der Waals surface area contributed by atoms with Crippen LogP contribution in [0.5, 0.6) is 0 Å². The summed E-state index contributed by atoms with van der Waals surface area (Å²) in [7, 11) is 0. The molecule has 0 rings (SSSR count). The minimum Gasteiger partial charge on any atom is -0.208 e. The molecule has 0 bridgehead atoms. The summed E-state index contributed by atoms with van der Waals surface area (Å²) < 4.78 is 11.8. The third-order valence-electron chi connectivity index (χ3n) is 0.807. The summed E-state index contributed by atoms with van der Waals surface area (Å²) in [4.78, 5) is 0. The summed E-state index contributed by atoms with van der Waals surface area (Å²) in [6, 6.07) is 0. The summed E-state index contributed by atoms with van der Waals surface area (Å²) in [5.74, 6) is -0.389. The van der Waals surface area contributed by atoms with Gasteiger partial charge in [0.15, 0.2) is 0 Å². The Balaban J connectivity index is 3.36. The van der Waals surface area contributed by atoms with E-state index in [9.17, 15) is 4.39 Å². The minimum absolute atomic E-state index is 0.389. The van der Waals surface area contributed by atoms with E-state index in [1.165, 1.54) is 6.08 Å². The van der Waals surface area contributed by atoms with Crippen LogP contribution in [-0.2, 0) is 0 Å². The number of allylic oxidation sites excluding steroid dienone is 5. The smallest absolute Gasteiger partial charge is 0.115 e. The Kier molecular flexibility index (Phi) is 4.79. The van der Waals surface area contributed by atoms with Crippen LogP contribution in [0, 0.1) is 0 Å². The lowest BCUT2D eigenvalue weighted by Crippen LogP contribution is -1.59. The molecule has 0 saturated carbocycles. The summed E-state index contributed by atoms with van der Waals surface area (Å²) in [6.45, 7) is 5.00. The quantitative estimate of drug-likeness (QED) is 0.403. The van der Waals surface area contributed by atoms with E-state index in [2.05, 4.69) is 6.58 Å². The second kappa shape index (κ2) is 5.29. The van der Waals surface area contributed by atoms with Crippen LogP contribution in [0.3, 0.4) is 0 Å². The first-order chi connectivity index (χ1) is 4.27. The average Bonchev–Trinajstić information content (AvgIpc) is 1.80. The van der Waals surface area contributed by atoms with Crippen molar-refractivity contribution in [2.75, 3.05) is 0 Å². The predicted molar refractivity (Wildman–Crippen MR) is 38.8 cm³/mol. The van der Waals surface area contributed by atoms with Gasteiger partial charge in [0.05, 0.1) is 0 Å². The average molecular weight is 126 g/mol. The molecule has 0 aromatic heterocycles. The Hall–Kier alpha value is -0.850. The van der Waals surface area contributed by atoms with Crippen molar-refractivity contribution in [2.24, 2.45) is 0 Å².